The Hall–Kier alpha value is -3.44. The van der Waals surface area contributed by atoms with Crippen LogP contribution in [0.1, 0.15) is 31.0 Å². The average molecular weight is 547 g/mol. The molecule has 34 heavy (non-hydrogen) atoms. The van der Waals surface area contributed by atoms with E-state index >= 15 is 0 Å². The first kappa shape index (κ1) is 25.2. The number of ether oxygens (including phenoxy) is 2. The first-order valence-electron chi connectivity index (χ1n) is 10.3. The van der Waals surface area contributed by atoms with Crippen molar-refractivity contribution >= 4 is 51.4 Å². The minimum absolute atomic E-state index is 0.0273. The maximum Gasteiger partial charge on any atom is 0.338 e. The summed E-state index contributed by atoms with van der Waals surface area (Å²) in [7, 11) is 0. The van der Waals surface area contributed by atoms with E-state index in [1.54, 1.807) is 50.2 Å². The van der Waals surface area contributed by atoms with Gasteiger partial charge < -0.3 is 25.2 Å². The summed E-state index contributed by atoms with van der Waals surface area (Å²) in [5.74, 6) is -0.570. The molecule has 1 aliphatic heterocycles. The monoisotopic (exact) mass is 546 g/mol. The van der Waals surface area contributed by atoms with Crippen molar-refractivity contribution in [2.45, 2.75) is 19.9 Å². The number of benzene rings is 2. The highest BCUT2D eigenvalue weighted by molar-refractivity contribution is 9.10. The molecule has 11 heteroatoms. The third-order valence-corrected chi connectivity index (χ3v) is 5.45. The molecule has 0 fully saturated rings. The molecule has 9 nitrogen and oxygen atoms in total. The Kier molecular flexibility index (Phi) is 8.61. The number of carbonyl (C=O) groups excluding carboxylic acids is 2. The lowest BCUT2D eigenvalue weighted by Crippen LogP contribution is -2.45. The Bertz CT molecular complexity index is 1170. The quantitative estimate of drug-likeness (QED) is 0.172. The number of esters is 1. The molecular formula is C23H23BrN4O5S. The number of thiocarbonyl (C=S) groups is 1. The standard InChI is InChI=1S/C23H23BrN4O5S/c1-3-32-22(31)20-13(2)26-23(34)27-21(20)16-6-4-5-7-18(16)33-12-19(30)28-25-11-14-10-15(24)8-9-17(14)29/h4-11,21,29H,3,12H2,1-2H3,(H,28,30)(H2,26,27,34)/t21-/m0/s1. The van der Waals surface area contributed by atoms with Gasteiger partial charge in [0.05, 0.1) is 24.4 Å². The number of nitrogens with zero attached hydrogens (tertiary/aromatic N) is 1. The molecule has 0 saturated carbocycles. The minimum Gasteiger partial charge on any atom is -0.507 e. The number of para-hydroxylation sites is 1. The van der Waals surface area contributed by atoms with Gasteiger partial charge in [-0.2, -0.15) is 5.10 Å². The van der Waals surface area contributed by atoms with Gasteiger partial charge in [-0.3, -0.25) is 4.79 Å². The lowest BCUT2D eigenvalue weighted by Gasteiger charge is -2.30. The molecule has 0 aromatic heterocycles. The van der Waals surface area contributed by atoms with Crippen molar-refractivity contribution in [2.24, 2.45) is 5.10 Å². The Labute approximate surface area is 210 Å². The van der Waals surface area contributed by atoms with E-state index in [0.717, 1.165) is 4.47 Å². The second-order valence-electron chi connectivity index (χ2n) is 7.11. The number of rotatable bonds is 8. The number of hydrogen-bond donors (Lipinski definition) is 4. The van der Waals surface area contributed by atoms with Crippen LogP contribution < -0.4 is 20.8 Å². The zero-order chi connectivity index (χ0) is 24.7. The third kappa shape index (κ3) is 6.33. The van der Waals surface area contributed by atoms with Crippen LogP contribution in [0.2, 0.25) is 0 Å². The number of nitrogens with one attached hydrogen (secondary N) is 3. The smallest absolute Gasteiger partial charge is 0.338 e. The maximum absolute atomic E-state index is 12.6. The van der Waals surface area contributed by atoms with E-state index in [0.29, 0.717) is 33.3 Å². The molecule has 0 aliphatic carbocycles. The highest BCUT2D eigenvalue weighted by atomic mass is 79.9. The van der Waals surface area contributed by atoms with Crippen molar-refractivity contribution in [3.05, 3.63) is 69.3 Å². The maximum atomic E-state index is 12.6. The van der Waals surface area contributed by atoms with Gasteiger partial charge in [-0.1, -0.05) is 34.1 Å². The molecule has 4 N–H and O–H groups in total. The number of aromatic hydroxyl groups is 1. The van der Waals surface area contributed by atoms with Gasteiger partial charge in [-0.25, -0.2) is 10.2 Å². The van der Waals surface area contributed by atoms with Crippen LogP contribution in [-0.2, 0) is 14.3 Å². The minimum atomic E-state index is -0.621. The lowest BCUT2D eigenvalue weighted by molar-refractivity contribution is -0.139. The van der Waals surface area contributed by atoms with E-state index in [-0.39, 0.29) is 19.0 Å². The number of hydrogen-bond acceptors (Lipinski definition) is 7. The van der Waals surface area contributed by atoms with Crippen molar-refractivity contribution in [1.82, 2.24) is 16.1 Å². The fourth-order valence-corrected chi connectivity index (χ4v) is 3.88. The van der Waals surface area contributed by atoms with Crippen LogP contribution in [0, 0.1) is 0 Å². The molecule has 0 radical (unpaired) electrons. The van der Waals surface area contributed by atoms with Gasteiger partial charge in [0.25, 0.3) is 5.91 Å². The Morgan fingerprint density at radius 2 is 2.06 bits per heavy atom. The third-order valence-electron chi connectivity index (χ3n) is 4.74. The van der Waals surface area contributed by atoms with Crippen LogP contribution in [0.4, 0.5) is 0 Å². The summed E-state index contributed by atoms with van der Waals surface area (Å²) in [6, 6.07) is 11.2. The van der Waals surface area contributed by atoms with E-state index < -0.39 is 17.9 Å². The van der Waals surface area contributed by atoms with E-state index in [2.05, 4.69) is 37.1 Å². The Morgan fingerprint density at radius 3 is 2.82 bits per heavy atom. The van der Waals surface area contributed by atoms with E-state index in [1.165, 1.54) is 12.3 Å². The zero-order valence-corrected chi connectivity index (χ0v) is 20.8. The summed E-state index contributed by atoms with van der Waals surface area (Å²) in [4.78, 5) is 24.9. The first-order chi connectivity index (χ1) is 16.3. The Balaban J connectivity index is 1.72. The molecule has 3 rings (SSSR count). The van der Waals surface area contributed by atoms with Crippen molar-refractivity contribution in [3.63, 3.8) is 0 Å². The second-order valence-corrected chi connectivity index (χ2v) is 8.44. The summed E-state index contributed by atoms with van der Waals surface area (Å²) in [6.45, 7) is 3.37. The van der Waals surface area contributed by atoms with Crippen molar-refractivity contribution in [2.75, 3.05) is 13.2 Å². The van der Waals surface area contributed by atoms with Gasteiger partial charge in [0.2, 0.25) is 0 Å². The molecule has 1 amide bonds. The summed E-state index contributed by atoms with van der Waals surface area (Å²) >= 11 is 8.58. The van der Waals surface area contributed by atoms with Crippen LogP contribution >= 0.6 is 28.1 Å². The van der Waals surface area contributed by atoms with Crippen LogP contribution in [-0.4, -0.2) is 41.5 Å². The number of phenolic OH excluding ortho intramolecular Hbond substituents is 1. The fourth-order valence-electron chi connectivity index (χ4n) is 3.24. The number of halogens is 1. The van der Waals surface area contributed by atoms with Crippen LogP contribution in [0.5, 0.6) is 11.5 Å². The van der Waals surface area contributed by atoms with Gasteiger partial charge >= 0.3 is 5.97 Å². The molecule has 0 bridgehead atoms. The molecular weight excluding hydrogens is 524 g/mol. The van der Waals surface area contributed by atoms with Gasteiger partial charge in [-0.05, 0) is 50.3 Å². The molecule has 1 aliphatic rings. The van der Waals surface area contributed by atoms with Crippen LogP contribution in [0.3, 0.4) is 0 Å². The van der Waals surface area contributed by atoms with E-state index in [4.69, 9.17) is 21.7 Å². The second kappa shape index (κ2) is 11.6. The van der Waals surface area contributed by atoms with Gasteiger partial charge in [0.15, 0.2) is 11.7 Å². The Morgan fingerprint density at radius 1 is 1.29 bits per heavy atom. The highest BCUT2D eigenvalue weighted by Gasteiger charge is 2.32. The number of phenols is 1. The molecule has 2 aromatic rings. The van der Waals surface area contributed by atoms with Gasteiger partial charge in [-0.15, -0.1) is 0 Å². The highest BCUT2D eigenvalue weighted by Crippen LogP contribution is 2.33. The molecule has 178 valence electrons. The van der Waals surface area contributed by atoms with E-state index in [1.807, 2.05) is 0 Å². The van der Waals surface area contributed by atoms with Gasteiger partial charge in [0.1, 0.15) is 11.5 Å². The molecule has 1 heterocycles. The summed E-state index contributed by atoms with van der Waals surface area (Å²) in [6.07, 6.45) is 1.32. The number of carbonyl (C=O) groups is 2. The predicted molar refractivity (Wildman–Crippen MR) is 134 cm³/mol. The summed E-state index contributed by atoms with van der Waals surface area (Å²) in [5, 5.41) is 20.1. The van der Waals surface area contributed by atoms with Crippen molar-refractivity contribution < 1.29 is 24.2 Å². The molecule has 0 spiro atoms. The lowest BCUT2D eigenvalue weighted by atomic mass is 9.95. The molecule has 2 aromatic carbocycles. The summed E-state index contributed by atoms with van der Waals surface area (Å²) < 4.78 is 11.7. The molecule has 0 saturated heterocycles. The van der Waals surface area contributed by atoms with E-state index in [9.17, 15) is 14.7 Å². The topological polar surface area (TPSA) is 121 Å². The largest absolute Gasteiger partial charge is 0.507 e. The summed E-state index contributed by atoms with van der Waals surface area (Å²) in [5.41, 5.74) is 4.35. The number of hydrazone groups is 1. The number of allylic oxidation sites excluding steroid dienone is 1. The number of amides is 1. The SMILES string of the molecule is CCOC(=O)C1=C(C)NC(=S)N[C@H]1c1ccccc1OCC(=O)NN=Cc1cc(Br)ccc1O. The van der Waals surface area contributed by atoms with Crippen LogP contribution in [0.25, 0.3) is 0 Å². The van der Waals surface area contributed by atoms with Crippen molar-refractivity contribution in [1.29, 1.82) is 0 Å². The normalized spacial score (nSPS) is 15.5. The molecule has 1 atom stereocenters. The van der Waals surface area contributed by atoms with Crippen molar-refractivity contribution in [3.8, 4) is 11.5 Å². The first-order valence-corrected chi connectivity index (χ1v) is 11.5. The van der Waals surface area contributed by atoms with Crippen LogP contribution in [0.15, 0.2) is 63.3 Å². The fraction of sp³-hybridized carbons (Fsp3) is 0.217. The predicted octanol–water partition coefficient (Wildman–Crippen LogP) is 3.04. The van der Waals surface area contributed by atoms with Gasteiger partial charge in [0, 0.05) is 21.3 Å². The zero-order valence-electron chi connectivity index (χ0n) is 18.4. The molecule has 0 unspecified atom stereocenters. The average Bonchev–Trinajstić information content (AvgIpc) is 2.79.